The third-order valence-corrected chi connectivity index (χ3v) is 3.97. The molecule has 1 aliphatic heterocycles. The molecule has 1 aliphatic rings. The van der Waals surface area contributed by atoms with Crippen molar-refractivity contribution in [1.82, 2.24) is 4.90 Å². The number of benzene rings is 1. The Morgan fingerprint density at radius 2 is 2.32 bits per heavy atom. The molecule has 2 N–H and O–H groups in total. The lowest BCUT2D eigenvalue weighted by Gasteiger charge is -2.40. The van der Waals surface area contributed by atoms with Crippen molar-refractivity contribution < 1.29 is 9.13 Å². The Bertz CT molecular complexity index is 430. The molecule has 0 aromatic heterocycles. The normalized spacial score (nSPS) is 24.6. The molecule has 0 radical (unpaired) electrons. The van der Waals surface area contributed by atoms with Crippen molar-refractivity contribution in [3.8, 4) is 0 Å². The van der Waals surface area contributed by atoms with Gasteiger partial charge in [-0.1, -0.05) is 17.7 Å². The number of nitrogens with zero attached hydrogens (tertiary/aromatic N) is 1. The van der Waals surface area contributed by atoms with Gasteiger partial charge in [0.15, 0.2) is 0 Å². The molecule has 0 saturated carbocycles. The molecule has 0 amide bonds. The van der Waals surface area contributed by atoms with Crippen LogP contribution >= 0.6 is 11.6 Å². The Morgan fingerprint density at radius 1 is 1.53 bits per heavy atom. The molecule has 1 fully saturated rings. The van der Waals surface area contributed by atoms with Gasteiger partial charge in [-0.2, -0.15) is 0 Å². The molecule has 19 heavy (non-hydrogen) atoms. The standard InChI is InChI=1S/C14H20ClFN2O/c1-19-8-7-18-6-2-3-13(17)14(18)11-5-4-10(16)9-12(11)15/h4-5,9,13-14H,2-3,6-8,17H2,1H3. The molecule has 1 saturated heterocycles. The lowest BCUT2D eigenvalue weighted by molar-refractivity contribution is 0.0848. The molecule has 0 aliphatic carbocycles. The fourth-order valence-corrected chi connectivity index (χ4v) is 3.00. The predicted octanol–water partition coefficient (Wildman–Crippen LogP) is 2.59. The second-order valence-electron chi connectivity index (χ2n) is 4.95. The fraction of sp³-hybridized carbons (Fsp3) is 0.571. The molecule has 5 heteroatoms. The van der Waals surface area contributed by atoms with Gasteiger partial charge in [0, 0.05) is 24.7 Å². The van der Waals surface area contributed by atoms with E-state index in [-0.39, 0.29) is 17.9 Å². The van der Waals surface area contributed by atoms with Crippen LogP contribution in [0.1, 0.15) is 24.4 Å². The van der Waals surface area contributed by atoms with Crippen molar-refractivity contribution in [2.75, 3.05) is 26.8 Å². The summed E-state index contributed by atoms with van der Waals surface area (Å²) in [6.45, 7) is 2.43. The van der Waals surface area contributed by atoms with Crippen LogP contribution in [0.3, 0.4) is 0 Å². The number of halogens is 2. The Labute approximate surface area is 118 Å². The summed E-state index contributed by atoms with van der Waals surface area (Å²) in [5.74, 6) is -0.318. The molecule has 1 aromatic carbocycles. The lowest BCUT2D eigenvalue weighted by Crippen LogP contribution is -2.47. The molecule has 0 spiro atoms. The Hall–Kier alpha value is -0.680. The quantitative estimate of drug-likeness (QED) is 0.925. The molecule has 3 nitrogen and oxygen atoms in total. The molecule has 2 atom stereocenters. The molecule has 2 rings (SSSR count). The fourth-order valence-electron chi connectivity index (χ4n) is 2.73. The van der Waals surface area contributed by atoms with Crippen LogP contribution in [0.4, 0.5) is 4.39 Å². The number of rotatable bonds is 4. The van der Waals surface area contributed by atoms with E-state index in [1.807, 2.05) is 0 Å². The van der Waals surface area contributed by atoms with E-state index in [1.54, 1.807) is 13.2 Å². The van der Waals surface area contributed by atoms with Crippen molar-refractivity contribution in [1.29, 1.82) is 0 Å². The summed E-state index contributed by atoms with van der Waals surface area (Å²) in [7, 11) is 1.68. The number of nitrogens with two attached hydrogens (primary N) is 1. The summed E-state index contributed by atoms with van der Waals surface area (Å²) >= 11 is 6.17. The minimum Gasteiger partial charge on any atom is -0.383 e. The molecule has 0 bridgehead atoms. The maximum absolute atomic E-state index is 13.2. The van der Waals surface area contributed by atoms with E-state index in [0.717, 1.165) is 31.5 Å². The van der Waals surface area contributed by atoms with Gasteiger partial charge in [-0.15, -0.1) is 0 Å². The highest BCUT2D eigenvalue weighted by atomic mass is 35.5. The molecule has 2 unspecified atom stereocenters. The topological polar surface area (TPSA) is 38.5 Å². The highest BCUT2D eigenvalue weighted by molar-refractivity contribution is 6.31. The highest BCUT2D eigenvalue weighted by Crippen LogP contribution is 2.34. The van der Waals surface area contributed by atoms with Gasteiger partial charge in [-0.05, 0) is 37.1 Å². The number of likely N-dealkylation sites (tertiary alicyclic amines) is 1. The average molecular weight is 287 g/mol. The van der Waals surface area contributed by atoms with Crippen molar-refractivity contribution in [3.05, 3.63) is 34.6 Å². The van der Waals surface area contributed by atoms with Crippen LogP contribution in [-0.4, -0.2) is 37.7 Å². The van der Waals surface area contributed by atoms with Crippen molar-refractivity contribution in [2.24, 2.45) is 5.73 Å². The van der Waals surface area contributed by atoms with Gasteiger partial charge in [0.1, 0.15) is 5.82 Å². The van der Waals surface area contributed by atoms with Crippen molar-refractivity contribution in [3.63, 3.8) is 0 Å². The Morgan fingerprint density at radius 3 is 3.00 bits per heavy atom. The first-order valence-corrected chi connectivity index (χ1v) is 6.95. The van der Waals surface area contributed by atoms with Gasteiger partial charge in [0.25, 0.3) is 0 Å². The molecule has 106 valence electrons. The minimum absolute atomic E-state index is 0.0218. The van der Waals surface area contributed by atoms with Crippen molar-refractivity contribution >= 4 is 11.6 Å². The molecule has 1 heterocycles. The molecule has 1 aromatic rings. The van der Waals surface area contributed by atoms with Gasteiger partial charge in [0.2, 0.25) is 0 Å². The highest BCUT2D eigenvalue weighted by Gasteiger charge is 2.31. The predicted molar refractivity (Wildman–Crippen MR) is 74.8 cm³/mol. The summed E-state index contributed by atoms with van der Waals surface area (Å²) in [6.07, 6.45) is 2.03. The smallest absolute Gasteiger partial charge is 0.124 e. The van der Waals surface area contributed by atoms with Gasteiger partial charge >= 0.3 is 0 Å². The SMILES string of the molecule is COCCN1CCCC(N)C1c1ccc(F)cc1Cl. The minimum atomic E-state index is -0.318. The van der Waals surface area contributed by atoms with Crippen LogP contribution < -0.4 is 5.73 Å². The Kier molecular flexibility index (Phi) is 5.16. The average Bonchev–Trinajstić information content (AvgIpc) is 2.37. The second-order valence-corrected chi connectivity index (χ2v) is 5.35. The number of methoxy groups -OCH3 is 1. The molecular formula is C14H20ClFN2O. The van der Waals surface area contributed by atoms with Crippen LogP contribution in [0.5, 0.6) is 0 Å². The number of piperidine rings is 1. The van der Waals surface area contributed by atoms with E-state index in [1.165, 1.54) is 12.1 Å². The summed E-state index contributed by atoms with van der Waals surface area (Å²) in [5, 5.41) is 0.449. The Balaban J connectivity index is 2.25. The van der Waals surface area contributed by atoms with Crippen molar-refractivity contribution in [2.45, 2.75) is 24.9 Å². The first kappa shape index (κ1) is 14.7. The van der Waals surface area contributed by atoms with Gasteiger partial charge in [-0.25, -0.2) is 4.39 Å². The zero-order valence-corrected chi connectivity index (χ0v) is 11.9. The molecular weight excluding hydrogens is 267 g/mol. The summed E-state index contributed by atoms with van der Waals surface area (Å²) < 4.78 is 18.3. The third kappa shape index (κ3) is 3.45. The number of ether oxygens (including phenoxy) is 1. The van der Waals surface area contributed by atoms with Gasteiger partial charge < -0.3 is 10.5 Å². The van der Waals surface area contributed by atoms with E-state index in [4.69, 9.17) is 22.1 Å². The summed E-state index contributed by atoms with van der Waals surface area (Å²) in [4.78, 5) is 2.27. The van der Waals surface area contributed by atoms with Crippen LogP contribution in [0.25, 0.3) is 0 Å². The van der Waals surface area contributed by atoms with Crippen LogP contribution in [-0.2, 0) is 4.74 Å². The van der Waals surface area contributed by atoms with E-state index < -0.39 is 0 Å². The van der Waals surface area contributed by atoms with E-state index in [9.17, 15) is 4.39 Å². The first-order valence-electron chi connectivity index (χ1n) is 6.57. The maximum atomic E-state index is 13.2. The zero-order chi connectivity index (χ0) is 13.8. The van der Waals surface area contributed by atoms with E-state index in [0.29, 0.717) is 11.6 Å². The number of hydrogen-bond acceptors (Lipinski definition) is 3. The lowest BCUT2D eigenvalue weighted by atomic mass is 9.91. The number of hydrogen-bond donors (Lipinski definition) is 1. The van der Waals surface area contributed by atoms with Gasteiger partial charge in [0.05, 0.1) is 12.6 Å². The van der Waals surface area contributed by atoms with Crippen LogP contribution in [0.2, 0.25) is 5.02 Å². The van der Waals surface area contributed by atoms with Crippen LogP contribution in [0, 0.1) is 5.82 Å². The van der Waals surface area contributed by atoms with E-state index in [2.05, 4.69) is 4.90 Å². The van der Waals surface area contributed by atoms with Crippen LogP contribution in [0.15, 0.2) is 18.2 Å². The maximum Gasteiger partial charge on any atom is 0.124 e. The zero-order valence-electron chi connectivity index (χ0n) is 11.1. The third-order valence-electron chi connectivity index (χ3n) is 3.65. The summed E-state index contributed by atoms with van der Waals surface area (Å²) in [6, 6.07) is 4.60. The largest absolute Gasteiger partial charge is 0.383 e. The first-order chi connectivity index (χ1) is 9.13. The van der Waals surface area contributed by atoms with E-state index >= 15 is 0 Å². The second kappa shape index (κ2) is 6.66. The van der Waals surface area contributed by atoms with Gasteiger partial charge in [-0.3, -0.25) is 4.90 Å². The monoisotopic (exact) mass is 286 g/mol. The summed E-state index contributed by atoms with van der Waals surface area (Å²) in [5.41, 5.74) is 7.15.